The van der Waals surface area contributed by atoms with Gasteiger partial charge >= 0.3 is 0 Å². The van der Waals surface area contributed by atoms with Crippen molar-refractivity contribution in [3.05, 3.63) is 29.1 Å². The van der Waals surface area contributed by atoms with Crippen molar-refractivity contribution in [2.24, 2.45) is 5.92 Å². The van der Waals surface area contributed by atoms with E-state index in [-0.39, 0.29) is 5.91 Å². The van der Waals surface area contributed by atoms with Crippen LogP contribution in [-0.2, 0) is 0 Å². The largest absolute Gasteiger partial charge is 0.397 e. The van der Waals surface area contributed by atoms with Crippen molar-refractivity contribution in [2.75, 3.05) is 12.3 Å². The van der Waals surface area contributed by atoms with Gasteiger partial charge in [-0.15, -0.1) is 11.3 Å². The van der Waals surface area contributed by atoms with Crippen LogP contribution in [0.3, 0.4) is 0 Å². The Labute approximate surface area is 123 Å². The van der Waals surface area contributed by atoms with Crippen LogP contribution in [0.1, 0.15) is 36.4 Å². The van der Waals surface area contributed by atoms with Crippen molar-refractivity contribution in [2.45, 2.75) is 32.7 Å². The van der Waals surface area contributed by atoms with E-state index in [1.54, 1.807) is 0 Å². The van der Waals surface area contributed by atoms with Crippen LogP contribution in [0.4, 0.5) is 5.69 Å². The molecule has 0 bridgehead atoms. The fourth-order valence-corrected chi connectivity index (χ4v) is 4.01. The van der Waals surface area contributed by atoms with Crippen molar-refractivity contribution in [3.63, 3.8) is 0 Å². The number of rotatable bonds is 1. The Morgan fingerprint density at radius 1 is 1.30 bits per heavy atom. The molecule has 1 saturated heterocycles. The summed E-state index contributed by atoms with van der Waals surface area (Å²) >= 11 is 1.51. The van der Waals surface area contributed by atoms with Gasteiger partial charge in [-0.05, 0) is 31.7 Å². The predicted octanol–water partition coefficient (Wildman–Crippen LogP) is 3.74. The number of amides is 1. The van der Waals surface area contributed by atoms with Gasteiger partial charge in [-0.1, -0.05) is 25.1 Å². The molecular formula is C16H20N2OS. The lowest BCUT2D eigenvalue weighted by atomic mass is 9.95. The van der Waals surface area contributed by atoms with Crippen LogP contribution in [0.5, 0.6) is 0 Å². The van der Waals surface area contributed by atoms with E-state index in [1.807, 2.05) is 29.2 Å². The lowest BCUT2D eigenvalue weighted by molar-refractivity contribution is 0.0580. The first-order chi connectivity index (χ1) is 9.58. The molecule has 2 atom stereocenters. The highest BCUT2D eigenvalue weighted by molar-refractivity contribution is 7.21. The first-order valence-corrected chi connectivity index (χ1v) is 7.97. The molecule has 0 radical (unpaired) electrons. The number of anilines is 1. The number of hydrogen-bond acceptors (Lipinski definition) is 3. The summed E-state index contributed by atoms with van der Waals surface area (Å²) in [5, 5.41) is 0.999. The molecule has 0 saturated carbocycles. The molecule has 1 fully saturated rings. The summed E-state index contributed by atoms with van der Waals surface area (Å²) in [6.07, 6.45) is 2.28. The molecule has 20 heavy (non-hydrogen) atoms. The van der Waals surface area contributed by atoms with Crippen LogP contribution in [0.15, 0.2) is 24.3 Å². The van der Waals surface area contributed by atoms with Gasteiger partial charge in [-0.2, -0.15) is 0 Å². The molecule has 0 aliphatic carbocycles. The average molecular weight is 288 g/mol. The Morgan fingerprint density at radius 3 is 2.80 bits per heavy atom. The minimum atomic E-state index is 0.0998. The molecular weight excluding hydrogens is 268 g/mol. The monoisotopic (exact) mass is 288 g/mol. The van der Waals surface area contributed by atoms with E-state index in [2.05, 4.69) is 13.8 Å². The molecule has 2 aromatic rings. The summed E-state index contributed by atoms with van der Waals surface area (Å²) in [6, 6.07) is 8.27. The number of nitrogens with zero attached hydrogens (tertiary/aromatic N) is 1. The van der Waals surface area contributed by atoms with Gasteiger partial charge < -0.3 is 10.6 Å². The first-order valence-electron chi connectivity index (χ1n) is 7.16. The predicted molar refractivity (Wildman–Crippen MR) is 85.1 cm³/mol. The van der Waals surface area contributed by atoms with Gasteiger partial charge in [0.2, 0.25) is 0 Å². The number of carbonyl (C=O) groups excluding carboxylic acids is 1. The second-order valence-corrected chi connectivity index (χ2v) is 6.88. The summed E-state index contributed by atoms with van der Waals surface area (Å²) in [4.78, 5) is 15.5. The van der Waals surface area contributed by atoms with Gasteiger partial charge in [-0.25, -0.2) is 0 Å². The number of nitrogens with two attached hydrogens (primary N) is 1. The van der Waals surface area contributed by atoms with Crippen LogP contribution >= 0.6 is 11.3 Å². The van der Waals surface area contributed by atoms with Crippen LogP contribution < -0.4 is 5.73 Å². The highest BCUT2D eigenvalue weighted by Gasteiger charge is 2.30. The Morgan fingerprint density at radius 2 is 2.05 bits per heavy atom. The number of piperidine rings is 1. The van der Waals surface area contributed by atoms with Crippen molar-refractivity contribution >= 4 is 33.0 Å². The second-order valence-electron chi connectivity index (χ2n) is 5.83. The molecule has 3 rings (SSSR count). The van der Waals surface area contributed by atoms with Gasteiger partial charge in [0.25, 0.3) is 5.91 Å². The van der Waals surface area contributed by atoms with Crippen molar-refractivity contribution < 1.29 is 4.79 Å². The molecule has 1 aromatic carbocycles. The lowest BCUT2D eigenvalue weighted by Gasteiger charge is -2.36. The summed E-state index contributed by atoms with van der Waals surface area (Å²) < 4.78 is 1.09. The third-order valence-electron chi connectivity index (χ3n) is 4.21. The van der Waals surface area contributed by atoms with Crippen molar-refractivity contribution in [1.82, 2.24) is 4.90 Å². The topological polar surface area (TPSA) is 46.3 Å². The van der Waals surface area contributed by atoms with E-state index in [1.165, 1.54) is 17.8 Å². The molecule has 3 nitrogen and oxygen atoms in total. The van der Waals surface area contributed by atoms with Crippen LogP contribution in [0, 0.1) is 5.92 Å². The molecule has 2 heterocycles. The average Bonchev–Trinajstić information content (AvgIpc) is 2.79. The van der Waals surface area contributed by atoms with Crippen molar-refractivity contribution in [3.8, 4) is 0 Å². The molecule has 2 N–H and O–H groups in total. The van der Waals surface area contributed by atoms with E-state index in [9.17, 15) is 4.79 Å². The quantitative estimate of drug-likeness (QED) is 0.868. The Kier molecular flexibility index (Phi) is 3.42. The first kappa shape index (κ1) is 13.4. The number of carbonyl (C=O) groups is 1. The Hall–Kier alpha value is -1.55. The Bertz CT molecular complexity index is 649. The van der Waals surface area contributed by atoms with Gasteiger partial charge in [0.05, 0.1) is 5.69 Å². The van der Waals surface area contributed by atoms with E-state index < -0.39 is 0 Å². The highest BCUT2D eigenvalue weighted by atomic mass is 32.1. The highest BCUT2D eigenvalue weighted by Crippen LogP contribution is 2.35. The number of fused-ring (bicyclic) bond motifs is 1. The fraction of sp³-hybridized carbons (Fsp3) is 0.438. The van der Waals surface area contributed by atoms with E-state index in [0.29, 0.717) is 22.5 Å². The molecule has 106 valence electrons. The summed E-state index contributed by atoms with van der Waals surface area (Å²) in [7, 11) is 0. The number of hydrogen-bond donors (Lipinski definition) is 1. The third kappa shape index (κ3) is 2.18. The zero-order chi connectivity index (χ0) is 14.3. The van der Waals surface area contributed by atoms with Gasteiger partial charge in [-0.3, -0.25) is 4.79 Å². The van der Waals surface area contributed by atoms with Crippen LogP contribution in [-0.4, -0.2) is 23.4 Å². The molecule has 1 amide bonds. The van der Waals surface area contributed by atoms with Crippen molar-refractivity contribution in [1.29, 1.82) is 0 Å². The molecule has 0 spiro atoms. The zero-order valence-corrected chi connectivity index (χ0v) is 12.7. The second kappa shape index (κ2) is 5.09. The minimum absolute atomic E-state index is 0.0998. The Balaban J connectivity index is 1.97. The van der Waals surface area contributed by atoms with Gasteiger partial charge in [0.15, 0.2) is 0 Å². The maximum Gasteiger partial charge on any atom is 0.266 e. The van der Waals surface area contributed by atoms with E-state index in [4.69, 9.17) is 5.73 Å². The summed E-state index contributed by atoms with van der Waals surface area (Å²) in [6.45, 7) is 5.18. The fourth-order valence-electron chi connectivity index (χ4n) is 2.93. The smallest absolute Gasteiger partial charge is 0.266 e. The summed E-state index contributed by atoms with van der Waals surface area (Å²) in [5.41, 5.74) is 6.83. The normalized spacial score (nSPS) is 23.2. The maximum atomic E-state index is 12.8. The molecule has 1 aliphatic rings. The third-order valence-corrected chi connectivity index (χ3v) is 5.38. The molecule has 1 aliphatic heterocycles. The van der Waals surface area contributed by atoms with Crippen LogP contribution in [0.2, 0.25) is 0 Å². The molecule has 2 unspecified atom stereocenters. The summed E-state index contributed by atoms with van der Waals surface area (Å²) in [5.74, 6) is 0.675. The van der Waals surface area contributed by atoms with Gasteiger partial charge in [0, 0.05) is 22.7 Å². The SMILES string of the molecule is CC1CCC(C)N(C(=O)c2sc3ccccc3c2N)C1. The zero-order valence-electron chi connectivity index (χ0n) is 11.9. The van der Waals surface area contributed by atoms with E-state index in [0.717, 1.165) is 23.1 Å². The number of thiophene rings is 1. The van der Waals surface area contributed by atoms with E-state index >= 15 is 0 Å². The standard InChI is InChI=1S/C16H20N2OS/c1-10-7-8-11(2)18(9-10)16(19)15-14(17)12-5-3-4-6-13(12)20-15/h3-6,10-11H,7-9,17H2,1-2H3. The molecule has 1 aromatic heterocycles. The number of benzene rings is 1. The molecule has 4 heteroatoms. The maximum absolute atomic E-state index is 12.8. The van der Waals surface area contributed by atoms with Crippen LogP contribution in [0.25, 0.3) is 10.1 Å². The number of nitrogen functional groups attached to an aromatic ring is 1. The minimum Gasteiger partial charge on any atom is -0.397 e. The number of likely N-dealkylation sites (tertiary alicyclic amines) is 1. The lowest BCUT2D eigenvalue weighted by Crippen LogP contribution is -2.44. The van der Waals surface area contributed by atoms with Gasteiger partial charge in [0.1, 0.15) is 4.88 Å².